The molecule has 0 aliphatic carbocycles. The maximum absolute atomic E-state index is 12.7. The van der Waals surface area contributed by atoms with Crippen LogP contribution in [0.5, 0.6) is 0 Å². The lowest BCUT2D eigenvalue weighted by atomic mass is 10.1. The van der Waals surface area contributed by atoms with Crippen LogP contribution in [0.15, 0.2) is 53.7 Å². The summed E-state index contributed by atoms with van der Waals surface area (Å²) in [7, 11) is -3.76. The van der Waals surface area contributed by atoms with Gasteiger partial charge in [0, 0.05) is 11.6 Å². The molecule has 1 heterocycles. The summed E-state index contributed by atoms with van der Waals surface area (Å²) in [6.45, 7) is 3.66. The van der Waals surface area contributed by atoms with Crippen LogP contribution in [0.4, 0.5) is 5.82 Å². The van der Waals surface area contributed by atoms with Crippen LogP contribution >= 0.6 is 23.2 Å². The largest absolute Gasteiger partial charge is 0.263 e. The highest BCUT2D eigenvalue weighted by molar-refractivity contribution is 7.92. The second kappa shape index (κ2) is 7.23. The van der Waals surface area contributed by atoms with Gasteiger partial charge in [0.2, 0.25) is 0 Å². The Morgan fingerprint density at radius 1 is 0.923 bits per heavy atom. The number of sulfonamides is 1. The van der Waals surface area contributed by atoms with Gasteiger partial charge in [-0.25, -0.2) is 18.4 Å². The van der Waals surface area contributed by atoms with E-state index >= 15 is 0 Å². The van der Waals surface area contributed by atoms with E-state index in [4.69, 9.17) is 23.2 Å². The van der Waals surface area contributed by atoms with E-state index in [1.54, 1.807) is 43.3 Å². The van der Waals surface area contributed by atoms with E-state index in [0.717, 1.165) is 5.56 Å². The number of nitrogens with zero attached hydrogens (tertiary/aromatic N) is 2. The van der Waals surface area contributed by atoms with Crippen molar-refractivity contribution in [3.8, 4) is 11.3 Å². The Balaban J connectivity index is 1.94. The molecule has 0 atom stereocenters. The van der Waals surface area contributed by atoms with E-state index in [1.807, 2.05) is 13.0 Å². The van der Waals surface area contributed by atoms with Gasteiger partial charge in [0.25, 0.3) is 10.0 Å². The van der Waals surface area contributed by atoms with Gasteiger partial charge in [-0.15, -0.1) is 0 Å². The standard InChI is InChI=1S/C18H15Cl2N3O2S/c1-11-3-6-17(12(2)7-11)26(24,25)23-18-9-16(21-10-22-18)13-4-5-14(19)15(20)8-13/h3-10H,1-2H3,(H,21,22,23). The maximum Gasteiger partial charge on any atom is 0.263 e. The van der Waals surface area contributed by atoms with E-state index in [0.29, 0.717) is 26.9 Å². The summed E-state index contributed by atoms with van der Waals surface area (Å²) in [6, 6.07) is 11.8. The molecule has 0 unspecified atom stereocenters. The van der Waals surface area contributed by atoms with Gasteiger partial charge >= 0.3 is 0 Å². The Bertz CT molecular complexity index is 1090. The molecule has 0 aliphatic rings. The number of nitrogens with one attached hydrogen (secondary N) is 1. The molecule has 0 aliphatic heterocycles. The SMILES string of the molecule is Cc1ccc(S(=O)(=O)Nc2cc(-c3ccc(Cl)c(Cl)c3)ncn2)c(C)c1. The molecular weight excluding hydrogens is 393 g/mol. The van der Waals surface area contributed by atoms with Crippen molar-refractivity contribution in [3.05, 3.63) is 70.0 Å². The summed E-state index contributed by atoms with van der Waals surface area (Å²) in [5.41, 5.74) is 2.88. The van der Waals surface area contributed by atoms with Crippen molar-refractivity contribution in [1.82, 2.24) is 9.97 Å². The third-order valence-electron chi connectivity index (χ3n) is 3.74. The van der Waals surface area contributed by atoms with Gasteiger partial charge in [-0.3, -0.25) is 4.72 Å². The summed E-state index contributed by atoms with van der Waals surface area (Å²) in [5, 5.41) is 0.820. The zero-order valence-corrected chi connectivity index (χ0v) is 16.3. The number of rotatable bonds is 4. The van der Waals surface area contributed by atoms with E-state index in [2.05, 4.69) is 14.7 Å². The van der Waals surface area contributed by atoms with Crippen molar-refractivity contribution >= 4 is 39.0 Å². The first-order valence-corrected chi connectivity index (χ1v) is 9.88. The van der Waals surface area contributed by atoms with Gasteiger partial charge in [0.15, 0.2) is 0 Å². The molecule has 3 rings (SSSR count). The second-order valence-corrected chi connectivity index (χ2v) is 8.26. The van der Waals surface area contributed by atoms with Crippen molar-refractivity contribution in [2.45, 2.75) is 18.7 Å². The fourth-order valence-corrected chi connectivity index (χ4v) is 4.04. The van der Waals surface area contributed by atoms with Crippen LogP contribution in [0, 0.1) is 13.8 Å². The number of benzene rings is 2. The topological polar surface area (TPSA) is 72.0 Å². The normalized spacial score (nSPS) is 11.4. The van der Waals surface area contributed by atoms with Crippen molar-refractivity contribution < 1.29 is 8.42 Å². The van der Waals surface area contributed by atoms with Crippen molar-refractivity contribution in [1.29, 1.82) is 0 Å². The number of halogens is 2. The van der Waals surface area contributed by atoms with Gasteiger partial charge < -0.3 is 0 Å². The maximum atomic E-state index is 12.7. The first-order chi connectivity index (χ1) is 12.3. The lowest BCUT2D eigenvalue weighted by Gasteiger charge is -2.11. The quantitative estimate of drug-likeness (QED) is 0.669. The molecule has 2 aromatic carbocycles. The van der Waals surface area contributed by atoms with Crippen molar-refractivity contribution in [3.63, 3.8) is 0 Å². The molecule has 8 heteroatoms. The van der Waals surface area contributed by atoms with Crippen LogP contribution in [0.3, 0.4) is 0 Å². The second-order valence-electron chi connectivity index (χ2n) is 5.79. The molecule has 1 aromatic heterocycles. The fourth-order valence-electron chi connectivity index (χ4n) is 2.52. The number of hydrogen-bond acceptors (Lipinski definition) is 4. The van der Waals surface area contributed by atoms with Gasteiger partial charge in [-0.05, 0) is 37.6 Å². The van der Waals surface area contributed by atoms with E-state index in [-0.39, 0.29) is 10.7 Å². The molecule has 134 valence electrons. The minimum absolute atomic E-state index is 0.168. The van der Waals surface area contributed by atoms with Crippen LogP contribution in [0.1, 0.15) is 11.1 Å². The molecule has 0 spiro atoms. The van der Waals surface area contributed by atoms with Crippen LogP contribution in [0.25, 0.3) is 11.3 Å². The monoisotopic (exact) mass is 407 g/mol. The molecule has 5 nitrogen and oxygen atoms in total. The Kier molecular flexibility index (Phi) is 5.18. The number of aryl methyl sites for hydroxylation is 2. The number of aromatic nitrogens is 2. The third-order valence-corrected chi connectivity index (χ3v) is 6.00. The molecule has 3 aromatic rings. The summed E-state index contributed by atoms with van der Waals surface area (Å²) in [5.74, 6) is 0.168. The number of anilines is 1. The minimum Gasteiger partial charge on any atom is -0.263 e. The molecule has 0 saturated carbocycles. The summed E-state index contributed by atoms with van der Waals surface area (Å²) >= 11 is 12.0. The van der Waals surface area contributed by atoms with E-state index in [9.17, 15) is 8.42 Å². The van der Waals surface area contributed by atoms with Gasteiger partial charge in [0.1, 0.15) is 12.1 Å². The zero-order chi connectivity index (χ0) is 18.9. The molecule has 0 bridgehead atoms. The zero-order valence-electron chi connectivity index (χ0n) is 14.0. The van der Waals surface area contributed by atoms with Crippen molar-refractivity contribution in [2.24, 2.45) is 0 Å². The van der Waals surface area contributed by atoms with Crippen LogP contribution in [0.2, 0.25) is 10.0 Å². The summed E-state index contributed by atoms with van der Waals surface area (Å²) < 4.78 is 27.8. The molecule has 26 heavy (non-hydrogen) atoms. The summed E-state index contributed by atoms with van der Waals surface area (Å²) in [4.78, 5) is 8.37. The Hall–Kier alpha value is -2.15. The predicted octanol–water partition coefficient (Wildman–Crippen LogP) is 4.87. The molecule has 0 radical (unpaired) electrons. The van der Waals surface area contributed by atoms with Gasteiger partial charge in [-0.1, -0.05) is 47.0 Å². The third kappa shape index (κ3) is 3.98. The van der Waals surface area contributed by atoms with Gasteiger partial charge in [-0.2, -0.15) is 0 Å². The van der Waals surface area contributed by atoms with Crippen LogP contribution in [-0.2, 0) is 10.0 Å². The molecule has 0 fully saturated rings. The van der Waals surface area contributed by atoms with Gasteiger partial charge in [0.05, 0.1) is 20.6 Å². The first-order valence-electron chi connectivity index (χ1n) is 7.64. The van der Waals surface area contributed by atoms with E-state index < -0.39 is 10.0 Å². The average Bonchev–Trinajstić information content (AvgIpc) is 2.57. The first kappa shape index (κ1) is 18.6. The molecular formula is C18H15Cl2N3O2S. The molecule has 1 N–H and O–H groups in total. The van der Waals surface area contributed by atoms with Crippen molar-refractivity contribution in [2.75, 3.05) is 4.72 Å². The van der Waals surface area contributed by atoms with E-state index in [1.165, 1.54) is 6.33 Å². The Labute approximate surface area is 162 Å². The smallest absolute Gasteiger partial charge is 0.263 e. The summed E-state index contributed by atoms with van der Waals surface area (Å²) in [6.07, 6.45) is 1.29. The number of hydrogen-bond donors (Lipinski definition) is 1. The lowest BCUT2D eigenvalue weighted by molar-refractivity contribution is 0.600. The van der Waals surface area contributed by atoms with Crippen LogP contribution < -0.4 is 4.72 Å². The lowest BCUT2D eigenvalue weighted by Crippen LogP contribution is -2.15. The molecule has 0 amide bonds. The Morgan fingerprint density at radius 2 is 1.69 bits per heavy atom. The predicted molar refractivity (Wildman–Crippen MR) is 104 cm³/mol. The average molecular weight is 408 g/mol. The fraction of sp³-hybridized carbons (Fsp3) is 0.111. The van der Waals surface area contributed by atoms with Crippen LogP contribution in [-0.4, -0.2) is 18.4 Å². The Morgan fingerprint density at radius 3 is 2.38 bits per heavy atom. The minimum atomic E-state index is -3.76. The highest BCUT2D eigenvalue weighted by atomic mass is 35.5. The molecule has 0 saturated heterocycles. The highest BCUT2D eigenvalue weighted by Crippen LogP contribution is 2.28. The highest BCUT2D eigenvalue weighted by Gasteiger charge is 2.18.